The van der Waals surface area contributed by atoms with Crippen LogP contribution in [-0.4, -0.2) is 38.2 Å². The minimum atomic E-state index is -0.732. The Labute approximate surface area is 156 Å². The van der Waals surface area contributed by atoms with Gasteiger partial charge in [0.05, 0.1) is 13.7 Å². The van der Waals surface area contributed by atoms with Crippen LogP contribution in [0.25, 0.3) is 0 Å². The predicted molar refractivity (Wildman–Crippen MR) is 98.3 cm³/mol. The molecule has 0 saturated heterocycles. The maximum absolute atomic E-state index is 13.0. The number of hydrogen-bond donors (Lipinski definition) is 1. The van der Waals surface area contributed by atoms with Crippen LogP contribution in [0, 0.1) is 0 Å². The number of benzene rings is 2. The lowest BCUT2D eigenvalue weighted by Gasteiger charge is -2.30. The summed E-state index contributed by atoms with van der Waals surface area (Å²) in [5.74, 6) is 1.52. The number of para-hydroxylation sites is 2. The SMILES string of the molecule is COc1ccc2c(c1)[C@@H](NC(C)=O)C(=O)N2C[C@@H]1COc2ccccc2O1. The standard InChI is InChI=1S/C20H20N2O5/c1-12(23)21-19-15-9-13(25-2)7-8-16(15)22(20(19)24)10-14-11-26-17-5-3-4-6-18(17)27-14/h3-9,14,19H,10-11H2,1-2H3,(H,21,23)/t14-,19-/m1/s1. The van der Waals surface area contributed by atoms with Crippen molar-refractivity contribution in [1.29, 1.82) is 0 Å². The van der Waals surface area contributed by atoms with Crippen molar-refractivity contribution in [2.45, 2.75) is 19.1 Å². The summed E-state index contributed by atoms with van der Waals surface area (Å²) in [6.45, 7) is 2.06. The van der Waals surface area contributed by atoms with E-state index >= 15 is 0 Å². The smallest absolute Gasteiger partial charge is 0.254 e. The Bertz CT molecular complexity index is 898. The molecule has 1 N–H and O–H groups in total. The Balaban J connectivity index is 1.60. The number of amides is 2. The summed E-state index contributed by atoms with van der Waals surface area (Å²) in [4.78, 5) is 26.2. The second-order valence-electron chi connectivity index (χ2n) is 6.50. The van der Waals surface area contributed by atoms with Crippen molar-refractivity contribution in [1.82, 2.24) is 5.32 Å². The summed E-state index contributed by atoms with van der Waals surface area (Å²) < 4.78 is 17.0. The average molecular weight is 368 g/mol. The van der Waals surface area contributed by atoms with Crippen molar-refractivity contribution in [3.63, 3.8) is 0 Å². The molecule has 2 aliphatic rings. The quantitative estimate of drug-likeness (QED) is 0.894. The molecule has 0 aromatic heterocycles. The van der Waals surface area contributed by atoms with E-state index in [-0.39, 0.29) is 17.9 Å². The van der Waals surface area contributed by atoms with Gasteiger partial charge in [-0.3, -0.25) is 9.59 Å². The number of nitrogens with zero attached hydrogens (tertiary/aromatic N) is 1. The van der Waals surface area contributed by atoms with Crippen molar-refractivity contribution in [2.24, 2.45) is 0 Å². The first-order valence-corrected chi connectivity index (χ1v) is 8.71. The lowest BCUT2D eigenvalue weighted by molar-refractivity contribution is -0.126. The van der Waals surface area contributed by atoms with Crippen LogP contribution in [0.4, 0.5) is 5.69 Å². The number of nitrogens with one attached hydrogen (secondary N) is 1. The fourth-order valence-corrected chi connectivity index (χ4v) is 3.43. The van der Waals surface area contributed by atoms with Gasteiger partial charge < -0.3 is 24.4 Å². The van der Waals surface area contributed by atoms with Gasteiger partial charge in [0.15, 0.2) is 17.6 Å². The van der Waals surface area contributed by atoms with Crippen LogP contribution >= 0.6 is 0 Å². The molecule has 0 saturated carbocycles. The van der Waals surface area contributed by atoms with E-state index < -0.39 is 6.04 Å². The third-order valence-electron chi connectivity index (χ3n) is 4.65. The first kappa shape index (κ1) is 17.2. The van der Waals surface area contributed by atoms with Crippen LogP contribution in [0.1, 0.15) is 18.5 Å². The van der Waals surface area contributed by atoms with Gasteiger partial charge >= 0.3 is 0 Å². The fourth-order valence-electron chi connectivity index (χ4n) is 3.43. The monoisotopic (exact) mass is 368 g/mol. The van der Waals surface area contributed by atoms with Gasteiger partial charge in [0.25, 0.3) is 5.91 Å². The van der Waals surface area contributed by atoms with Crippen LogP contribution in [0.5, 0.6) is 17.2 Å². The molecule has 2 aromatic carbocycles. The molecule has 0 spiro atoms. The van der Waals surface area contributed by atoms with Crippen LogP contribution in [0.15, 0.2) is 42.5 Å². The number of ether oxygens (including phenoxy) is 3. The molecule has 140 valence electrons. The van der Waals surface area contributed by atoms with E-state index in [1.165, 1.54) is 6.92 Å². The Kier molecular flexibility index (Phi) is 4.35. The van der Waals surface area contributed by atoms with Crippen LogP contribution in [0.3, 0.4) is 0 Å². The van der Waals surface area contributed by atoms with E-state index in [1.54, 1.807) is 24.1 Å². The van der Waals surface area contributed by atoms with Gasteiger partial charge in [-0.05, 0) is 30.3 Å². The van der Waals surface area contributed by atoms with E-state index in [0.29, 0.717) is 36.0 Å². The zero-order valence-corrected chi connectivity index (χ0v) is 15.1. The molecule has 0 unspecified atom stereocenters. The number of methoxy groups -OCH3 is 1. The van der Waals surface area contributed by atoms with Gasteiger partial charge in [0, 0.05) is 18.2 Å². The Hall–Kier alpha value is -3.22. The molecule has 7 heteroatoms. The van der Waals surface area contributed by atoms with Gasteiger partial charge in [0.2, 0.25) is 5.91 Å². The van der Waals surface area contributed by atoms with Gasteiger partial charge in [0.1, 0.15) is 18.4 Å². The molecule has 0 fully saturated rings. The minimum absolute atomic E-state index is 0.198. The summed E-state index contributed by atoms with van der Waals surface area (Å²) in [5, 5.41) is 2.72. The molecule has 27 heavy (non-hydrogen) atoms. The van der Waals surface area contributed by atoms with Crippen molar-refractivity contribution >= 4 is 17.5 Å². The maximum Gasteiger partial charge on any atom is 0.254 e. The van der Waals surface area contributed by atoms with Gasteiger partial charge in [-0.15, -0.1) is 0 Å². The molecular weight excluding hydrogens is 348 g/mol. The molecule has 2 aromatic rings. The third-order valence-corrected chi connectivity index (χ3v) is 4.65. The third kappa shape index (κ3) is 3.16. The predicted octanol–water partition coefficient (Wildman–Crippen LogP) is 2.06. The molecule has 2 heterocycles. The van der Waals surface area contributed by atoms with Crippen molar-refractivity contribution < 1.29 is 23.8 Å². The van der Waals surface area contributed by atoms with Gasteiger partial charge in [-0.25, -0.2) is 0 Å². The number of anilines is 1. The van der Waals surface area contributed by atoms with Crippen molar-refractivity contribution in [3.05, 3.63) is 48.0 Å². The highest BCUT2D eigenvalue weighted by Crippen LogP contribution is 2.39. The highest BCUT2D eigenvalue weighted by atomic mass is 16.6. The van der Waals surface area contributed by atoms with E-state index in [2.05, 4.69) is 5.32 Å². The molecule has 0 bridgehead atoms. The Morgan fingerprint density at radius 2 is 2.04 bits per heavy atom. The van der Waals surface area contributed by atoms with Crippen LogP contribution in [-0.2, 0) is 9.59 Å². The number of carbonyl (C=O) groups is 2. The topological polar surface area (TPSA) is 77.1 Å². The van der Waals surface area contributed by atoms with E-state index in [9.17, 15) is 9.59 Å². The summed E-state index contributed by atoms with van der Waals surface area (Å²) in [6, 6.07) is 12.1. The minimum Gasteiger partial charge on any atom is -0.497 e. The summed E-state index contributed by atoms with van der Waals surface area (Å²) in [6.07, 6.45) is -0.310. The first-order valence-electron chi connectivity index (χ1n) is 8.71. The van der Waals surface area contributed by atoms with Crippen LogP contribution in [0.2, 0.25) is 0 Å². The number of rotatable bonds is 4. The Morgan fingerprint density at radius 1 is 1.26 bits per heavy atom. The molecule has 2 amide bonds. The molecular formula is C20H20N2O5. The molecule has 4 rings (SSSR count). The molecule has 0 radical (unpaired) electrons. The second-order valence-corrected chi connectivity index (χ2v) is 6.50. The largest absolute Gasteiger partial charge is 0.497 e. The molecule has 7 nitrogen and oxygen atoms in total. The summed E-state index contributed by atoms with van der Waals surface area (Å²) >= 11 is 0. The molecule has 2 aliphatic heterocycles. The van der Waals surface area contributed by atoms with Crippen molar-refractivity contribution in [2.75, 3.05) is 25.2 Å². The Morgan fingerprint density at radius 3 is 2.78 bits per heavy atom. The lowest BCUT2D eigenvalue weighted by atomic mass is 10.1. The number of hydrogen-bond acceptors (Lipinski definition) is 5. The molecule has 2 atom stereocenters. The highest BCUT2D eigenvalue weighted by molar-refractivity contribution is 6.06. The summed E-state index contributed by atoms with van der Waals surface area (Å²) in [5.41, 5.74) is 1.45. The van der Waals surface area contributed by atoms with E-state index in [0.717, 1.165) is 5.69 Å². The maximum atomic E-state index is 13.0. The van der Waals surface area contributed by atoms with Crippen molar-refractivity contribution in [3.8, 4) is 17.2 Å². The van der Waals surface area contributed by atoms with E-state index in [4.69, 9.17) is 14.2 Å². The molecule has 0 aliphatic carbocycles. The average Bonchev–Trinajstić information content (AvgIpc) is 2.92. The highest BCUT2D eigenvalue weighted by Gasteiger charge is 2.40. The second kappa shape index (κ2) is 6.83. The number of fused-ring (bicyclic) bond motifs is 2. The van der Waals surface area contributed by atoms with Gasteiger partial charge in [-0.2, -0.15) is 0 Å². The van der Waals surface area contributed by atoms with Crippen LogP contribution < -0.4 is 24.4 Å². The van der Waals surface area contributed by atoms with Gasteiger partial charge in [-0.1, -0.05) is 12.1 Å². The number of carbonyl (C=O) groups excluding carboxylic acids is 2. The first-order chi connectivity index (χ1) is 13.1. The normalized spacial score (nSPS) is 20.2. The summed E-state index contributed by atoms with van der Waals surface area (Å²) in [7, 11) is 1.56. The van der Waals surface area contributed by atoms with E-state index in [1.807, 2.05) is 30.3 Å². The fraction of sp³-hybridized carbons (Fsp3) is 0.300. The zero-order valence-electron chi connectivity index (χ0n) is 15.1. The lowest BCUT2D eigenvalue weighted by Crippen LogP contribution is -2.44. The zero-order chi connectivity index (χ0) is 19.0.